The van der Waals surface area contributed by atoms with E-state index in [1.807, 2.05) is 52.4 Å². The molecule has 8 rings (SSSR count). The highest BCUT2D eigenvalue weighted by molar-refractivity contribution is 5.83. The van der Waals surface area contributed by atoms with E-state index >= 15 is 0 Å². The standard InChI is InChI=1S/C54H75N17O6/c1-6-25-75-27-29-77-30-28-76-26-16-57-52-59-53(68-21-17-66(18-22-68)50(73)47(32-39-12-14-42(72)15-13-39)71-36-46(63-65-71)49(56)38(5)7-2)61-54(60-52)69-23-19-67(20-24-69)51(74)48(34-41-33-40-10-8-9-11-44(40)58-41)70-35-45(62-64-70)43(55)31-37(3)4/h1,8-15,33,35-38,43,47-49,58,72H,7,16-32,34,55-56H2,2-5H3,(H,57,59,60,61). The lowest BCUT2D eigenvalue weighted by Gasteiger charge is -2.38. The van der Waals surface area contributed by atoms with Crippen LogP contribution in [0.15, 0.2) is 67.0 Å². The third-order valence-electron chi connectivity index (χ3n) is 14.2. The number of H-pyrrole nitrogens is 1. The Kier molecular flexibility index (Phi) is 19.8. The molecule has 412 valence electrons. The molecule has 23 heteroatoms. The first-order valence-corrected chi connectivity index (χ1v) is 26.8. The van der Waals surface area contributed by atoms with Crippen LogP contribution in [-0.4, -0.2) is 175 Å². The number of nitrogens with two attached hydrogens (primary N) is 2. The first-order valence-electron chi connectivity index (χ1n) is 26.8. The maximum Gasteiger partial charge on any atom is 0.248 e. The molecule has 2 aliphatic heterocycles. The van der Waals surface area contributed by atoms with Crippen LogP contribution >= 0.6 is 0 Å². The number of carbonyl (C=O) groups is 2. The molecule has 0 aliphatic carbocycles. The molecule has 2 aromatic carbocycles. The van der Waals surface area contributed by atoms with Crippen LogP contribution in [0, 0.1) is 24.2 Å². The normalized spacial score (nSPS) is 16.1. The largest absolute Gasteiger partial charge is 0.508 e. The number of phenolic OH excluding ortho intramolecular Hbond substituents is 1. The lowest BCUT2D eigenvalue weighted by atomic mass is 9.98. The summed E-state index contributed by atoms with van der Waals surface area (Å²) in [6, 6.07) is 15.0. The van der Waals surface area contributed by atoms with Crippen molar-refractivity contribution in [3.63, 3.8) is 0 Å². The van der Waals surface area contributed by atoms with Gasteiger partial charge in [-0.05, 0) is 53.5 Å². The van der Waals surface area contributed by atoms with E-state index in [1.165, 1.54) is 0 Å². The zero-order valence-corrected chi connectivity index (χ0v) is 44.8. The van der Waals surface area contributed by atoms with Crippen molar-refractivity contribution in [1.29, 1.82) is 0 Å². The molecule has 0 radical (unpaired) electrons. The molecule has 4 aromatic heterocycles. The fourth-order valence-electron chi connectivity index (χ4n) is 9.47. The third-order valence-corrected chi connectivity index (χ3v) is 14.2. The monoisotopic (exact) mass is 1060 g/mol. The zero-order valence-electron chi connectivity index (χ0n) is 44.8. The molecular formula is C54H75N17O6. The minimum absolute atomic E-state index is 0.0739. The highest BCUT2D eigenvalue weighted by Crippen LogP contribution is 2.28. The van der Waals surface area contributed by atoms with Crippen LogP contribution in [0.1, 0.15) is 87.3 Å². The minimum atomic E-state index is -0.700. The number of aromatic hydroxyl groups is 1. The Hall–Kier alpha value is -7.23. The zero-order chi connectivity index (χ0) is 54.3. The summed E-state index contributed by atoms with van der Waals surface area (Å²) in [5.74, 6) is 4.23. The fourth-order valence-corrected chi connectivity index (χ4v) is 9.47. The van der Waals surface area contributed by atoms with Crippen LogP contribution in [0.25, 0.3) is 10.9 Å². The van der Waals surface area contributed by atoms with Gasteiger partial charge in [0.05, 0.1) is 68.9 Å². The second kappa shape index (κ2) is 27.2. The van der Waals surface area contributed by atoms with Crippen molar-refractivity contribution in [2.24, 2.45) is 23.3 Å². The number of nitrogens with zero attached hydrogens (tertiary/aromatic N) is 13. The van der Waals surface area contributed by atoms with Gasteiger partial charge in [-0.25, -0.2) is 9.36 Å². The predicted molar refractivity (Wildman–Crippen MR) is 292 cm³/mol. The van der Waals surface area contributed by atoms with Gasteiger partial charge in [0.15, 0.2) is 0 Å². The number of amides is 2. The Morgan fingerprint density at radius 3 is 1.92 bits per heavy atom. The molecule has 6 heterocycles. The fraction of sp³-hybridized carbons (Fsp3) is 0.537. The molecule has 23 nitrogen and oxygen atoms in total. The second-order valence-electron chi connectivity index (χ2n) is 20.2. The molecule has 2 fully saturated rings. The molecule has 77 heavy (non-hydrogen) atoms. The Morgan fingerprint density at radius 1 is 0.753 bits per heavy atom. The average Bonchev–Trinajstić information content (AvgIpc) is 4.25. The van der Waals surface area contributed by atoms with Gasteiger partial charge in [0.25, 0.3) is 0 Å². The number of para-hydroxylation sites is 1. The number of phenols is 1. The van der Waals surface area contributed by atoms with Crippen molar-refractivity contribution < 1.29 is 28.9 Å². The van der Waals surface area contributed by atoms with Gasteiger partial charge in [-0.2, -0.15) is 15.0 Å². The molecule has 7 N–H and O–H groups in total. The third kappa shape index (κ3) is 15.0. The van der Waals surface area contributed by atoms with E-state index in [4.69, 9.17) is 47.1 Å². The molecule has 2 amide bonds. The van der Waals surface area contributed by atoms with Gasteiger partial charge in [0.2, 0.25) is 29.7 Å². The van der Waals surface area contributed by atoms with E-state index in [9.17, 15) is 14.7 Å². The van der Waals surface area contributed by atoms with Crippen LogP contribution in [0.3, 0.4) is 0 Å². The van der Waals surface area contributed by atoms with E-state index < -0.39 is 12.1 Å². The summed E-state index contributed by atoms with van der Waals surface area (Å²) in [6.45, 7) is 14.5. The first-order chi connectivity index (χ1) is 37.4. The predicted octanol–water partition coefficient (Wildman–Crippen LogP) is 3.69. The van der Waals surface area contributed by atoms with Crippen LogP contribution in [-0.2, 0) is 36.6 Å². The number of fused-ring (bicyclic) bond motifs is 1. The van der Waals surface area contributed by atoms with Gasteiger partial charge in [-0.3, -0.25) is 9.59 Å². The number of hydrogen-bond donors (Lipinski definition) is 5. The van der Waals surface area contributed by atoms with Gasteiger partial charge in [0.1, 0.15) is 24.4 Å². The maximum absolute atomic E-state index is 14.7. The SMILES string of the molecule is C#CCOCCOCCOCCNc1nc(N2CCN(C(=O)C(Cc3cc4ccccc4[nH]3)n3cc(C(N)CC(C)C)nn3)CC2)nc(N2CCN(C(=O)C(Cc3ccc(O)cc3)n3cc(C(N)C(C)CC)nn3)CC2)n1. The summed E-state index contributed by atoms with van der Waals surface area (Å²) in [4.78, 5) is 55.4. The molecule has 0 saturated carbocycles. The van der Waals surface area contributed by atoms with Gasteiger partial charge >= 0.3 is 0 Å². The summed E-state index contributed by atoms with van der Waals surface area (Å²) in [7, 11) is 0. The number of rotatable bonds is 27. The van der Waals surface area contributed by atoms with Crippen molar-refractivity contribution in [1.82, 2.24) is 59.7 Å². The lowest BCUT2D eigenvalue weighted by molar-refractivity contribution is -0.136. The van der Waals surface area contributed by atoms with E-state index in [-0.39, 0.29) is 42.2 Å². The number of anilines is 3. The molecule has 2 saturated heterocycles. The van der Waals surface area contributed by atoms with Crippen LogP contribution < -0.4 is 26.6 Å². The Morgan fingerprint density at radius 2 is 1.32 bits per heavy atom. The smallest absolute Gasteiger partial charge is 0.248 e. The van der Waals surface area contributed by atoms with Crippen molar-refractivity contribution in [3.8, 4) is 18.1 Å². The van der Waals surface area contributed by atoms with Crippen LogP contribution in [0.4, 0.5) is 17.8 Å². The minimum Gasteiger partial charge on any atom is -0.508 e. The number of nitrogens with one attached hydrogen (secondary N) is 2. The Balaban J connectivity index is 0.962. The molecule has 5 atom stereocenters. The number of benzene rings is 2. The summed E-state index contributed by atoms with van der Waals surface area (Å²) in [6.07, 6.45) is 11.2. The average molecular weight is 1060 g/mol. The highest BCUT2D eigenvalue weighted by atomic mass is 16.5. The number of hydrogen-bond acceptors (Lipinski definition) is 18. The van der Waals surface area contributed by atoms with E-state index in [1.54, 1.807) is 27.7 Å². The lowest BCUT2D eigenvalue weighted by Crippen LogP contribution is -2.52. The topological polar surface area (TPSA) is 275 Å². The molecule has 2 aliphatic rings. The van der Waals surface area contributed by atoms with Gasteiger partial charge in [0, 0.05) is 83.0 Å². The summed E-state index contributed by atoms with van der Waals surface area (Å²) < 4.78 is 19.9. The van der Waals surface area contributed by atoms with Crippen molar-refractivity contribution >= 4 is 40.6 Å². The van der Waals surface area contributed by atoms with Crippen LogP contribution in [0.2, 0.25) is 0 Å². The molecule has 5 unspecified atom stereocenters. The van der Waals surface area contributed by atoms with Gasteiger partial charge in [-0.15, -0.1) is 16.6 Å². The van der Waals surface area contributed by atoms with E-state index in [0.29, 0.717) is 140 Å². The quantitative estimate of drug-likeness (QED) is 0.0363. The molecule has 6 aromatic rings. The number of terminal acetylenes is 1. The van der Waals surface area contributed by atoms with E-state index in [0.717, 1.165) is 35.0 Å². The summed E-state index contributed by atoms with van der Waals surface area (Å²) in [5, 5.41) is 32.1. The summed E-state index contributed by atoms with van der Waals surface area (Å²) >= 11 is 0. The number of carbonyl (C=O) groups excluding carboxylic acids is 2. The van der Waals surface area contributed by atoms with Gasteiger partial charge in [-0.1, -0.05) is 80.8 Å². The van der Waals surface area contributed by atoms with Gasteiger partial charge < -0.3 is 60.7 Å². The molecule has 0 spiro atoms. The maximum atomic E-state index is 14.7. The van der Waals surface area contributed by atoms with E-state index in [2.05, 4.69) is 80.4 Å². The number of ether oxygens (including phenoxy) is 3. The number of piperazine rings is 2. The molecule has 0 bridgehead atoms. The second-order valence-corrected chi connectivity index (χ2v) is 20.2. The number of aromatic nitrogens is 10. The Bertz CT molecular complexity index is 2820. The van der Waals surface area contributed by atoms with Crippen molar-refractivity contribution in [2.45, 2.75) is 77.5 Å². The molecular weight excluding hydrogens is 983 g/mol. The number of aromatic amines is 1. The highest BCUT2D eigenvalue weighted by Gasteiger charge is 2.34. The first kappa shape index (κ1) is 56.0. The Labute approximate surface area is 450 Å². The van der Waals surface area contributed by atoms with Crippen molar-refractivity contribution in [2.75, 3.05) is 114 Å². The van der Waals surface area contributed by atoms with Crippen LogP contribution in [0.5, 0.6) is 5.75 Å². The summed E-state index contributed by atoms with van der Waals surface area (Å²) in [5.41, 5.74) is 17.1. The van der Waals surface area contributed by atoms with Crippen molar-refractivity contribution in [3.05, 3.63) is 89.6 Å².